The third kappa shape index (κ3) is 30.8. The number of hydrogen-bond donors (Lipinski definition) is 0. The van der Waals surface area contributed by atoms with E-state index in [-0.39, 0.29) is 45.9 Å². The van der Waals surface area contributed by atoms with Crippen LogP contribution in [0.3, 0.4) is 0 Å². The second-order valence-corrected chi connectivity index (χ2v) is 12.7. The molecule has 242 valence electrons. The van der Waals surface area contributed by atoms with Crippen LogP contribution in [-0.2, 0) is 19.1 Å². The minimum atomic E-state index is -0.0920. The standard InChI is InChI=1S/C32H66N2O4.2BrH/c1-7-9-11-13-17-21-25-33(3,4)27-29-37-31(35)23-19-15-16-20-24-32(36)38-30-28-34(5,6)26-22-18-14-12-10-8-2;;/h7-30H2,1-6H3;2*1H/q+2;;/p-2. The minimum absolute atomic E-state index is 0. The summed E-state index contributed by atoms with van der Waals surface area (Å²) in [5.41, 5.74) is 0. The molecule has 0 fully saturated rings. The summed E-state index contributed by atoms with van der Waals surface area (Å²) in [5, 5.41) is 0. The van der Waals surface area contributed by atoms with Crippen molar-refractivity contribution in [2.24, 2.45) is 0 Å². The Kier molecular flexibility index (Phi) is 32.0. The normalized spacial score (nSPS) is 11.4. The van der Waals surface area contributed by atoms with Crippen molar-refractivity contribution in [3.05, 3.63) is 0 Å². The van der Waals surface area contributed by atoms with E-state index in [0.717, 1.165) is 60.8 Å². The highest BCUT2D eigenvalue weighted by Crippen LogP contribution is 2.11. The van der Waals surface area contributed by atoms with E-state index in [1.54, 1.807) is 0 Å². The molecule has 0 aromatic carbocycles. The number of halogens is 2. The maximum absolute atomic E-state index is 12.0. The second kappa shape index (κ2) is 28.9. The SMILES string of the molecule is CCCCCCCC[N+](C)(C)CCOC(=O)CCCCCCC(=O)OCC[N+](C)(C)CCCCCCCC.[Br-].[Br-]. The predicted molar refractivity (Wildman–Crippen MR) is 160 cm³/mol. The molecule has 0 bridgehead atoms. The van der Waals surface area contributed by atoms with Crippen molar-refractivity contribution >= 4 is 11.9 Å². The van der Waals surface area contributed by atoms with Crippen LogP contribution in [0.25, 0.3) is 0 Å². The Balaban J connectivity index is -0.00000684. The van der Waals surface area contributed by atoms with Gasteiger partial charge >= 0.3 is 11.9 Å². The summed E-state index contributed by atoms with van der Waals surface area (Å²) >= 11 is 0. The van der Waals surface area contributed by atoms with Gasteiger partial charge in [-0.15, -0.1) is 0 Å². The molecule has 0 aliphatic heterocycles. The number of unbranched alkanes of at least 4 members (excludes halogenated alkanes) is 13. The van der Waals surface area contributed by atoms with Gasteiger partial charge in [-0.05, 0) is 38.5 Å². The second-order valence-electron chi connectivity index (χ2n) is 12.7. The smallest absolute Gasteiger partial charge is 0.305 e. The summed E-state index contributed by atoms with van der Waals surface area (Å²) in [4.78, 5) is 24.1. The summed E-state index contributed by atoms with van der Waals surface area (Å²) in [5.74, 6) is -0.184. The highest BCUT2D eigenvalue weighted by Gasteiger charge is 2.16. The Morgan fingerprint density at radius 2 is 0.750 bits per heavy atom. The van der Waals surface area contributed by atoms with Crippen molar-refractivity contribution in [3.63, 3.8) is 0 Å². The number of quaternary nitrogens is 2. The molecule has 0 atom stereocenters. The molecule has 0 aromatic heterocycles. The van der Waals surface area contributed by atoms with Gasteiger partial charge in [0.25, 0.3) is 0 Å². The third-order valence-electron chi connectivity index (χ3n) is 7.67. The van der Waals surface area contributed by atoms with Gasteiger partial charge in [0, 0.05) is 12.8 Å². The summed E-state index contributed by atoms with van der Waals surface area (Å²) in [6.07, 6.45) is 20.2. The molecule has 0 saturated heterocycles. The molecule has 40 heavy (non-hydrogen) atoms. The van der Waals surface area contributed by atoms with Crippen LogP contribution in [0.15, 0.2) is 0 Å². The molecule has 0 N–H and O–H groups in total. The van der Waals surface area contributed by atoms with Gasteiger partial charge in [-0.1, -0.05) is 78.1 Å². The number of nitrogens with zero attached hydrogens (tertiary/aromatic N) is 2. The van der Waals surface area contributed by atoms with Gasteiger partial charge < -0.3 is 52.4 Å². The first-order valence-corrected chi connectivity index (χ1v) is 16.1. The van der Waals surface area contributed by atoms with Crippen molar-refractivity contribution in [1.82, 2.24) is 0 Å². The van der Waals surface area contributed by atoms with E-state index >= 15 is 0 Å². The summed E-state index contributed by atoms with van der Waals surface area (Å²) in [7, 11) is 8.89. The first-order chi connectivity index (χ1) is 18.1. The van der Waals surface area contributed by atoms with E-state index in [2.05, 4.69) is 42.0 Å². The van der Waals surface area contributed by atoms with Crippen LogP contribution in [0, 0.1) is 0 Å². The monoisotopic (exact) mass is 700 g/mol. The fraction of sp³-hybridized carbons (Fsp3) is 0.938. The molecule has 0 spiro atoms. The zero-order valence-electron chi connectivity index (χ0n) is 27.3. The van der Waals surface area contributed by atoms with Gasteiger partial charge in [0.15, 0.2) is 0 Å². The lowest BCUT2D eigenvalue weighted by atomic mass is 10.1. The van der Waals surface area contributed by atoms with Crippen molar-refractivity contribution < 1.29 is 62.0 Å². The maximum atomic E-state index is 12.0. The van der Waals surface area contributed by atoms with E-state index < -0.39 is 0 Å². The molecule has 0 radical (unpaired) electrons. The number of hydrogen-bond acceptors (Lipinski definition) is 4. The molecule has 0 unspecified atom stereocenters. The van der Waals surface area contributed by atoms with Crippen molar-refractivity contribution in [1.29, 1.82) is 0 Å². The average Bonchev–Trinajstić information content (AvgIpc) is 2.85. The number of esters is 2. The van der Waals surface area contributed by atoms with Crippen LogP contribution in [-0.4, -0.2) is 88.5 Å². The molecule has 0 amide bonds. The average molecular weight is 703 g/mol. The first kappa shape index (κ1) is 44.3. The van der Waals surface area contributed by atoms with Gasteiger partial charge in [0.05, 0.1) is 41.3 Å². The largest absolute Gasteiger partial charge is 1.00 e. The maximum Gasteiger partial charge on any atom is 0.305 e. The molecule has 0 rings (SSSR count). The number of likely N-dealkylation sites (N-methyl/N-ethyl adjacent to an activating group) is 2. The molecule has 6 nitrogen and oxygen atoms in total. The summed E-state index contributed by atoms with van der Waals surface area (Å²) in [6.45, 7) is 9.53. The summed E-state index contributed by atoms with van der Waals surface area (Å²) < 4.78 is 12.8. The third-order valence-corrected chi connectivity index (χ3v) is 7.67. The Morgan fingerprint density at radius 3 is 1.10 bits per heavy atom. The van der Waals surface area contributed by atoms with Gasteiger partial charge in [-0.25, -0.2) is 0 Å². The number of carbonyl (C=O) groups excluding carboxylic acids is 2. The van der Waals surface area contributed by atoms with Gasteiger partial charge in [0.2, 0.25) is 0 Å². The molecular weight excluding hydrogens is 636 g/mol. The molecule has 0 heterocycles. The fourth-order valence-corrected chi connectivity index (χ4v) is 4.71. The van der Waals surface area contributed by atoms with Crippen molar-refractivity contribution in [2.45, 2.75) is 129 Å². The zero-order valence-corrected chi connectivity index (χ0v) is 30.4. The lowest BCUT2D eigenvalue weighted by Crippen LogP contribution is -3.00. The quantitative estimate of drug-likeness (QED) is 0.0737. The van der Waals surface area contributed by atoms with Gasteiger partial charge in [-0.3, -0.25) is 9.59 Å². The number of ether oxygens (including phenoxy) is 2. The number of rotatable bonds is 27. The first-order valence-electron chi connectivity index (χ1n) is 16.1. The summed E-state index contributed by atoms with van der Waals surface area (Å²) in [6, 6.07) is 0. The highest BCUT2D eigenvalue weighted by atomic mass is 79.9. The van der Waals surface area contributed by atoms with Crippen LogP contribution in [0.2, 0.25) is 0 Å². The van der Waals surface area contributed by atoms with E-state index in [1.807, 2.05) is 0 Å². The Hall–Kier alpha value is -0.180. The molecular formula is C32H66Br2N2O4. The number of carbonyl (C=O) groups is 2. The van der Waals surface area contributed by atoms with Crippen LogP contribution >= 0.6 is 0 Å². The zero-order chi connectivity index (χ0) is 28.5. The predicted octanol–water partition coefficient (Wildman–Crippen LogP) is 1.30. The highest BCUT2D eigenvalue weighted by molar-refractivity contribution is 5.69. The van der Waals surface area contributed by atoms with E-state index in [0.29, 0.717) is 26.1 Å². The molecule has 0 saturated carbocycles. The lowest BCUT2D eigenvalue weighted by Gasteiger charge is -2.29. The van der Waals surface area contributed by atoms with Gasteiger partial charge in [-0.2, -0.15) is 0 Å². The van der Waals surface area contributed by atoms with E-state index in [1.165, 1.54) is 77.0 Å². The molecule has 0 aliphatic rings. The molecule has 0 aromatic rings. The van der Waals surface area contributed by atoms with E-state index in [4.69, 9.17) is 9.47 Å². The van der Waals surface area contributed by atoms with E-state index in [9.17, 15) is 9.59 Å². The lowest BCUT2D eigenvalue weighted by molar-refractivity contribution is -0.890. The Morgan fingerprint density at radius 1 is 0.450 bits per heavy atom. The van der Waals surface area contributed by atoms with Crippen molar-refractivity contribution in [2.75, 3.05) is 67.6 Å². The molecule has 8 heteroatoms. The van der Waals surface area contributed by atoms with Gasteiger partial charge in [0.1, 0.15) is 26.3 Å². The van der Waals surface area contributed by atoms with Crippen LogP contribution in [0.5, 0.6) is 0 Å². The van der Waals surface area contributed by atoms with Crippen molar-refractivity contribution in [3.8, 4) is 0 Å². The Bertz CT molecular complexity index is 539. The van der Waals surface area contributed by atoms with Crippen LogP contribution < -0.4 is 34.0 Å². The molecule has 0 aliphatic carbocycles. The van der Waals surface area contributed by atoms with Crippen LogP contribution in [0.4, 0.5) is 0 Å². The minimum Gasteiger partial charge on any atom is -1.00 e. The van der Waals surface area contributed by atoms with Crippen LogP contribution in [0.1, 0.15) is 129 Å². The topological polar surface area (TPSA) is 52.6 Å². The fourth-order valence-electron chi connectivity index (χ4n) is 4.71. The Labute approximate surface area is 270 Å².